The lowest BCUT2D eigenvalue weighted by Gasteiger charge is -2.19. The van der Waals surface area contributed by atoms with Crippen molar-refractivity contribution in [2.24, 2.45) is 0 Å². The second-order valence-corrected chi connectivity index (χ2v) is 6.62. The van der Waals surface area contributed by atoms with Crippen LogP contribution in [0.4, 0.5) is 18.0 Å². The molecule has 0 saturated heterocycles. The van der Waals surface area contributed by atoms with E-state index >= 15 is 0 Å². The summed E-state index contributed by atoms with van der Waals surface area (Å²) in [7, 11) is 0. The summed E-state index contributed by atoms with van der Waals surface area (Å²) in [6.45, 7) is 5.20. The number of fused-ring (bicyclic) bond motifs is 1. The summed E-state index contributed by atoms with van der Waals surface area (Å²) in [5, 5.41) is 2.50. The van der Waals surface area contributed by atoms with Crippen LogP contribution in [0.5, 0.6) is 0 Å². The number of carbonyl (C=O) groups is 1. The van der Waals surface area contributed by atoms with Crippen molar-refractivity contribution in [3.63, 3.8) is 0 Å². The molecule has 9 heteroatoms. The Kier molecular flexibility index (Phi) is 4.61. The lowest BCUT2D eigenvalue weighted by Crippen LogP contribution is -2.32. The highest BCUT2D eigenvalue weighted by Crippen LogP contribution is 2.32. The summed E-state index contributed by atoms with van der Waals surface area (Å²) in [5.74, 6) is -1.03. The molecule has 0 aromatic carbocycles. The van der Waals surface area contributed by atoms with Crippen LogP contribution in [-0.4, -0.2) is 21.1 Å². The van der Waals surface area contributed by atoms with Gasteiger partial charge in [0.15, 0.2) is 0 Å². The third-order valence-electron chi connectivity index (χ3n) is 2.74. The first kappa shape index (κ1) is 17.6. The van der Waals surface area contributed by atoms with E-state index < -0.39 is 23.7 Å². The maximum atomic E-state index is 13.0. The zero-order valence-corrected chi connectivity index (χ0v) is 14.2. The number of ether oxygens (including phenoxy) is 1. The van der Waals surface area contributed by atoms with Crippen LogP contribution in [0.25, 0.3) is 5.52 Å². The van der Waals surface area contributed by atoms with E-state index in [1.54, 1.807) is 26.8 Å². The molecule has 2 aromatic heterocycles. The smallest absolute Gasteiger partial charge is 0.444 e. The van der Waals surface area contributed by atoms with Gasteiger partial charge in [-0.2, -0.15) is 13.2 Å². The highest BCUT2D eigenvalue weighted by molar-refractivity contribution is 9.10. The van der Waals surface area contributed by atoms with Gasteiger partial charge in [-0.15, -0.1) is 0 Å². The number of hydrogen-bond acceptors (Lipinski definition) is 3. The summed E-state index contributed by atoms with van der Waals surface area (Å²) in [4.78, 5) is 15.1. The molecule has 1 N–H and O–H groups in total. The minimum absolute atomic E-state index is 0.0396. The first-order valence-electron chi connectivity index (χ1n) is 6.68. The molecule has 1 amide bonds. The Labute approximate surface area is 139 Å². The third-order valence-corrected chi connectivity index (χ3v) is 3.33. The Balaban J connectivity index is 2.22. The summed E-state index contributed by atoms with van der Waals surface area (Å²) >= 11 is 3.01. The van der Waals surface area contributed by atoms with Gasteiger partial charge in [-0.3, -0.25) is 4.40 Å². The van der Waals surface area contributed by atoms with Crippen molar-refractivity contribution in [2.75, 3.05) is 0 Å². The molecule has 2 rings (SSSR count). The van der Waals surface area contributed by atoms with Crippen LogP contribution in [0, 0.1) is 0 Å². The molecule has 2 aromatic rings. The topological polar surface area (TPSA) is 55.6 Å². The number of nitrogens with zero attached hydrogens (tertiary/aromatic N) is 2. The van der Waals surface area contributed by atoms with Crippen LogP contribution in [0.15, 0.2) is 22.9 Å². The van der Waals surface area contributed by atoms with E-state index in [0.717, 1.165) is 4.40 Å². The SMILES string of the molecule is CC(C)(C)OC(=O)NCc1ccc2c(Br)nc(C(F)(F)F)n2c1. The van der Waals surface area contributed by atoms with Crippen LogP contribution in [-0.2, 0) is 17.5 Å². The van der Waals surface area contributed by atoms with Crippen LogP contribution in [0.2, 0.25) is 0 Å². The fraction of sp³-hybridized carbons (Fsp3) is 0.429. The van der Waals surface area contributed by atoms with Gasteiger partial charge in [-0.05, 0) is 48.3 Å². The van der Waals surface area contributed by atoms with Gasteiger partial charge in [0, 0.05) is 12.7 Å². The van der Waals surface area contributed by atoms with Gasteiger partial charge in [0.2, 0.25) is 5.82 Å². The standard InChI is InChI=1S/C14H15BrF3N3O2/c1-13(2,3)23-12(22)19-6-8-4-5-9-10(15)20-11(14(16,17)18)21(9)7-8/h4-5,7H,6H2,1-3H3,(H,19,22). The average Bonchev–Trinajstić information content (AvgIpc) is 2.71. The van der Waals surface area contributed by atoms with Crippen molar-refractivity contribution in [3.05, 3.63) is 34.3 Å². The number of amides is 1. The monoisotopic (exact) mass is 393 g/mol. The number of imidazole rings is 1. The van der Waals surface area contributed by atoms with Crippen LogP contribution >= 0.6 is 15.9 Å². The molecule has 5 nitrogen and oxygen atoms in total. The van der Waals surface area contributed by atoms with Crippen molar-refractivity contribution >= 4 is 27.5 Å². The summed E-state index contributed by atoms with van der Waals surface area (Å²) < 4.78 is 45.0. The molecule has 2 heterocycles. The Morgan fingerprint density at radius 1 is 1.35 bits per heavy atom. The predicted molar refractivity (Wildman–Crippen MR) is 81.0 cm³/mol. The van der Waals surface area contributed by atoms with Crippen molar-refractivity contribution in [1.29, 1.82) is 0 Å². The maximum Gasteiger partial charge on any atom is 0.450 e. The molecule has 0 bridgehead atoms. The van der Waals surface area contributed by atoms with Gasteiger partial charge in [-0.25, -0.2) is 9.78 Å². The molecule has 0 atom stereocenters. The van der Waals surface area contributed by atoms with E-state index in [0.29, 0.717) is 11.1 Å². The summed E-state index contributed by atoms with van der Waals surface area (Å²) in [6.07, 6.45) is -3.93. The number of pyridine rings is 1. The van der Waals surface area contributed by atoms with Crippen LogP contribution < -0.4 is 5.32 Å². The van der Waals surface area contributed by atoms with E-state index in [9.17, 15) is 18.0 Å². The second kappa shape index (κ2) is 6.03. The minimum atomic E-state index is -4.58. The Morgan fingerprint density at radius 3 is 2.57 bits per heavy atom. The molecule has 0 aliphatic rings. The number of alkyl halides is 3. The zero-order valence-electron chi connectivity index (χ0n) is 12.7. The molecular weight excluding hydrogens is 379 g/mol. The molecule has 0 aliphatic carbocycles. The summed E-state index contributed by atoms with van der Waals surface area (Å²) in [6, 6.07) is 3.11. The first-order valence-corrected chi connectivity index (χ1v) is 7.47. The molecule has 0 aliphatic heterocycles. The lowest BCUT2D eigenvalue weighted by molar-refractivity contribution is -0.145. The fourth-order valence-electron chi connectivity index (χ4n) is 1.89. The van der Waals surface area contributed by atoms with Crippen LogP contribution in [0.1, 0.15) is 32.2 Å². The Bertz CT molecular complexity index is 735. The lowest BCUT2D eigenvalue weighted by atomic mass is 10.2. The molecule has 0 saturated carbocycles. The van der Waals surface area contributed by atoms with E-state index in [2.05, 4.69) is 26.2 Å². The van der Waals surface area contributed by atoms with Crippen molar-refractivity contribution in [1.82, 2.24) is 14.7 Å². The molecule has 126 valence electrons. The van der Waals surface area contributed by atoms with Crippen LogP contribution in [0.3, 0.4) is 0 Å². The van der Waals surface area contributed by atoms with E-state index in [4.69, 9.17) is 4.74 Å². The number of hydrogen-bond donors (Lipinski definition) is 1. The average molecular weight is 394 g/mol. The number of alkyl carbamates (subject to hydrolysis) is 1. The van der Waals surface area contributed by atoms with E-state index in [1.165, 1.54) is 12.3 Å². The number of carbonyl (C=O) groups excluding carboxylic acids is 1. The molecule has 0 fully saturated rings. The first-order chi connectivity index (χ1) is 10.5. The van der Waals surface area contributed by atoms with Gasteiger partial charge in [0.05, 0.1) is 5.52 Å². The fourth-order valence-corrected chi connectivity index (χ4v) is 2.38. The minimum Gasteiger partial charge on any atom is -0.444 e. The zero-order chi connectivity index (χ0) is 17.4. The Hall–Kier alpha value is -1.77. The quantitative estimate of drug-likeness (QED) is 0.833. The van der Waals surface area contributed by atoms with Gasteiger partial charge in [0.1, 0.15) is 10.2 Å². The second-order valence-electron chi connectivity index (χ2n) is 5.87. The van der Waals surface area contributed by atoms with Gasteiger partial charge in [-0.1, -0.05) is 6.07 Å². The van der Waals surface area contributed by atoms with Crippen molar-refractivity contribution < 1.29 is 22.7 Å². The van der Waals surface area contributed by atoms with Gasteiger partial charge < -0.3 is 10.1 Å². The van der Waals surface area contributed by atoms with E-state index in [-0.39, 0.29) is 11.1 Å². The number of aromatic nitrogens is 2. The number of rotatable bonds is 2. The predicted octanol–water partition coefficient (Wildman–Crippen LogP) is 4.14. The normalized spacial score (nSPS) is 12.5. The molecule has 23 heavy (non-hydrogen) atoms. The van der Waals surface area contributed by atoms with Crippen molar-refractivity contribution in [2.45, 2.75) is 39.1 Å². The summed E-state index contributed by atoms with van der Waals surface area (Å²) in [5.41, 5.74) is 0.129. The Morgan fingerprint density at radius 2 is 2.00 bits per heavy atom. The highest BCUT2D eigenvalue weighted by atomic mass is 79.9. The van der Waals surface area contributed by atoms with Gasteiger partial charge in [0.25, 0.3) is 0 Å². The molecule has 0 unspecified atom stereocenters. The van der Waals surface area contributed by atoms with E-state index in [1.807, 2.05) is 0 Å². The van der Waals surface area contributed by atoms with Crippen molar-refractivity contribution in [3.8, 4) is 0 Å². The number of halogens is 4. The molecule has 0 spiro atoms. The maximum absolute atomic E-state index is 13.0. The third kappa shape index (κ3) is 4.37. The molecule has 0 radical (unpaired) electrons. The van der Waals surface area contributed by atoms with Gasteiger partial charge >= 0.3 is 12.3 Å². The molecular formula is C14H15BrF3N3O2. The number of nitrogens with one attached hydrogen (secondary N) is 1. The highest BCUT2D eigenvalue weighted by Gasteiger charge is 2.37. The largest absolute Gasteiger partial charge is 0.450 e.